The molecule has 0 spiro atoms. The number of hydrogen-bond acceptors (Lipinski definition) is 4. The van der Waals surface area contributed by atoms with Gasteiger partial charge in [0, 0.05) is 12.2 Å². The number of amides is 1. The van der Waals surface area contributed by atoms with E-state index in [0.717, 1.165) is 53.8 Å². The fraction of sp³-hybridized carbons (Fsp3) is 0.375. The average molecular weight is 389 g/mol. The van der Waals surface area contributed by atoms with Crippen molar-refractivity contribution in [1.82, 2.24) is 10.3 Å². The molecule has 3 rings (SSSR count). The van der Waals surface area contributed by atoms with Crippen LogP contribution >= 0.6 is 0 Å². The first-order valence-corrected chi connectivity index (χ1v) is 10.1. The van der Waals surface area contributed by atoms with Gasteiger partial charge in [0.1, 0.15) is 24.0 Å². The van der Waals surface area contributed by atoms with Gasteiger partial charge < -0.3 is 10.1 Å². The molecule has 1 aliphatic carbocycles. The van der Waals surface area contributed by atoms with Gasteiger partial charge in [-0.15, -0.1) is 0 Å². The van der Waals surface area contributed by atoms with Crippen molar-refractivity contribution in [3.63, 3.8) is 0 Å². The molecule has 1 amide bonds. The minimum atomic E-state index is -0.287. The molecule has 1 aromatic carbocycles. The Kier molecular flexibility index (Phi) is 7.02. The van der Waals surface area contributed by atoms with Gasteiger partial charge in [0.2, 0.25) is 0 Å². The molecular weight excluding hydrogens is 362 g/mol. The van der Waals surface area contributed by atoms with E-state index in [1.54, 1.807) is 12.3 Å². The average Bonchev–Trinajstić information content (AvgIpc) is 2.73. The lowest BCUT2D eigenvalue weighted by molar-refractivity contribution is -0.117. The molecule has 1 heterocycles. The summed E-state index contributed by atoms with van der Waals surface area (Å²) in [4.78, 5) is 16.8. The number of nitrogens with one attached hydrogen (secondary N) is 1. The van der Waals surface area contributed by atoms with Crippen LogP contribution in [0.5, 0.6) is 5.75 Å². The van der Waals surface area contributed by atoms with E-state index >= 15 is 0 Å². The van der Waals surface area contributed by atoms with E-state index in [2.05, 4.69) is 10.3 Å². The van der Waals surface area contributed by atoms with Gasteiger partial charge >= 0.3 is 0 Å². The standard InChI is InChI=1S/C24H27N3O2/c1-17-12-19(13-18(2)23(17)29-16-22-10-6-7-11-26-22)14-20(15-25)24(28)27-21-8-4-3-5-9-21/h6-7,10-14,21H,3-5,8-9,16H2,1-2H3,(H,27,28)/b20-14+. The number of nitrogens with zero attached hydrogens (tertiary/aromatic N) is 2. The summed E-state index contributed by atoms with van der Waals surface area (Å²) in [6.07, 6.45) is 8.87. The normalized spacial score (nSPS) is 14.9. The summed E-state index contributed by atoms with van der Waals surface area (Å²) in [7, 11) is 0. The third-order valence-electron chi connectivity index (χ3n) is 5.19. The van der Waals surface area contributed by atoms with E-state index in [4.69, 9.17) is 4.74 Å². The van der Waals surface area contributed by atoms with Crippen molar-refractivity contribution in [1.29, 1.82) is 5.26 Å². The van der Waals surface area contributed by atoms with Gasteiger partial charge in [-0.3, -0.25) is 9.78 Å². The van der Waals surface area contributed by atoms with E-state index in [0.29, 0.717) is 6.61 Å². The smallest absolute Gasteiger partial charge is 0.262 e. The van der Waals surface area contributed by atoms with Crippen molar-refractivity contribution in [3.8, 4) is 11.8 Å². The molecule has 0 atom stereocenters. The van der Waals surface area contributed by atoms with E-state index < -0.39 is 0 Å². The van der Waals surface area contributed by atoms with Crippen molar-refractivity contribution in [3.05, 3.63) is 64.5 Å². The number of carbonyl (C=O) groups is 1. The van der Waals surface area contributed by atoms with E-state index in [9.17, 15) is 10.1 Å². The quantitative estimate of drug-likeness (QED) is 0.577. The second-order valence-corrected chi connectivity index (χ2v) is 7.57. The molecular formula is C24H27N3O2. The molecule has 0 unspecified atom stereocenters. The molecule has 2 aromatic rings. The first-order chi connectivity index (χ1) is 14.1. The zero-order chi connectivity index (χ0) is 20.6. The maximum atomic E-state index is 12.5. The van der Waals surface area contributed by atoms with Crippen molar-refractivity contribution >= 4 is 12.0 Å². The monoisotopic (exact) mass is 389 g/mol. The summed E-state index contributed by atoms with van der Waals surface area (Å²) in [5.74, 6) is 0.517. The number of hydrogen-bond donors (Lipinski definition) is 1. The van der Waals surface area contributed by atoms with E-state index in [1.165, 1.54) is 6.42 Å². The third kappa shape index (κ3) is 5.68. The Morgan fingerprint density at radius 2 is 1.97 bits per heavy atom. The minimum absolute atomic E-state index is 0.136. The molecule has 5 heteroatoms. The fourth-order valence-electron chi connectivity index (χ4n) is 3.75. The zero-order valence-electron chi connectivity index (χ0n) is 17.1. The highest BCUT2D eigenvalue weighted by molar-refractivity contribution is 6.01. The summed E-state index contributed by atoms with van der Waals surface area (Å²) in [6, 6.07) is 11.8. The predicted octanol–water partition coefficient (Wildman–Crippen LogP) is 4.63. The Hall–Kier alpha value is -3.13. The molecule has 0 radical (unpaired) electrons. The summed E-state index contributed by atoms with van der Waals surface area (Å²) in [5, 5.41) is 12.5. The van der Waals surface area contributed by atoms with Crippen LogP contribution in [0.3, 0.4) is 0 Å². The summed E-state index contributed by atoms with van der Waals surface area (Å²) < 4.78 is 5.96. The molecule has 29 heavy (non-hydrogen) atoms. The predicted molar refractivity (Wildman–Crippen MR) is 113 cm³/mol. The van der Waals surface area contributed by atoms with Gasteiger partial charge in [0.15, 0.2) is 0 Å². The second-order valence-electron chi connectivity index (χ2n) is 7.57. The zero-order valence-corrected chi connectivity index (χ0v) is 17.1. The lowest BCUT2D eigenvalue weighted by atomic mass is 9.95. The summed E-state index contributed by atoms with van der Waals surface area (Å²) >= 11 is 0. The van der Waals surface area contributed by atoms with Crippen molar-refractivity contribution in [2.24, 2.45) is 0 Å². The number of ether oxygens (including phenoxy) is 1. The van der Waals surface area contributed by atoms with Crippen molar-refractivity contribution in [2.75, 3.05) is 0 Å². The van der Waals surface area contributed by atoms with Crippen LogP contribution in [0.15, 0.2) is 42.1 Å². The minimum Gasteiger partial charge on any atom is -0.487 e. The van der Waals surface area contributed by atoms with Crippen LogP contribution in [-0.2, 0) is 11.4 Å². The number of aryl methyl sites for hydroxylation is 2. The number of benzene rings is 1. The van der Waals surface area contributed by atoms with Gasteiger partial charge in [-0.05, 0) is 73.7 Å². The number of carbonyl (C=O) groups excluding carboxylic acids is 1. The van der Waals surface area contributed by atoms with Crippen molar-refractivity contribution < 1.29 is 9.53 Å². The lowest BCUT2D eigenvalue weighted by Gasteiger charge is -2.22. The molecule has 1 aliphatic rings. The fourth-order valence-corrected chi connectivity index (χ4v) is 3.75. The largest absolute Gasteiger partial charge is 0.487 e. The molecule has 5 nitrogen and oxygen atoms in total. The number of nitriles is 1. The molecule has 0 aliphatic heterocycles. The van der Waals surface area contributed by atoms with Gasteiger partial charge in [-0.25, -0.2) is 0 Å². The van der Waals surface area contributed by atoms with E-state index in [1.807, 2.05) is 50.2 Å². The second kappa shape index (κ2) is 9.88. The van der Waals surface area contributed by atoms with Crippen molar-refractivity contribution in [2.45, 2.75) is 58.6 Å². The highest BCUT2D eigenvalue weighted by atomic mass is 16.5. The van der Waals surface area contributed by atoms with Gasteiger partial charge in [-0.1, -0.05) is 25.3 Å². The molecule has 1 N–H and O–H groups in total. The highest BCUT2D eigenvalue weighted by Crippen LogP contribution is 2.27. The Labute approximate surface area is 172 Å². The SMILES string of the molecule is Cc1cc(/C=C(\C#N)C(=O)NC2CCCCC2)cc(C)c1OCc1ccccn1. The molecule has 0 saturated heterocycles. The van der Waals surface area contributed by atoms with Gasteiger partial charge in [-0.2, -0.15) is 5.26 Å². The number of rotatable bonds is 6. The van der Waals surface area contributed by atoms with Crippen LogP contribution in [0.1, 0.15) is 54.5 Å². The maximum Gasteiger partial charge on any atom is 0.262 e. The Bertz CT molecular complexity index is 900. The van der Waals surface area contributed by atoms with Crippen LogP contribution in [0.2, 0.25) is 0 Å². The highest BCUT2D eigenvalue weighted by Gasteiger charge is 2.18. The first-order valence-electron chi connectivity index (χ1n) is 10.1. The molecule has 1 aromatic heterocycles. The van der Waals surface area contributed by atoms with Crippen LogP contribution in [0.4, 0.5) is 0 Å². The third-order valence-corrected chi connectivity index (χ3v) is 5.19. The maximum absolute atomic E-state index is 12.5. The lowest BCUT2D eigenvalue weighted by Crippen LogP contribution is -2.36. The van der Waals surface area contributed by atoms with Crippen LogP contribution < -0.4 is 10.1 Å². The van der Waals surface area contributed by atoms with Crippen LogP contribution in [0.25, 0.3) is 6.08 Å². The topological polar surface area (TPSA) is 75.0 Å². The Morgan fingerprint density at radius 3 is 2.59 bits per heavy atom. The number of aromatic nitrogens is 1. The molecule has 1 fully saturated rings. The van der Waals surface area contributed by atoms with Crippen LogP contribution in [0, 0.1) is 25.2 Å². The first kappa shape index (κ1) is 20.6. The molecule has 1 saturated carbocycles. The molecule has 0 bridgehead atoms. The number of pyridine rings is 1. The Morgan fingerprint density at radius 1 is 1.24 bits per heavy atom. The summed E-state index contributed by atoms with van der Waals surface area (Å²) in [5.41, 5.74) is 3.73. The van der Waals surface area contributed by atoms with Gasteiger partial charge in [0.05, 0.1) is 5.69 Å². The van der Waals surface area contributed by atoms with E-state index in [-0.39, 0.29) is 17.5 Å². The van der Waals surface area contributed by atoms with Gasteiger partial charge in [0.25, 0.3) is 5.91 Å². The summed E-state index contributed by atoms with van der Waals surface area (Å²) in [6.45, 7) is 4.32. The Balaban J connectivity index is 1.72. The van der Waals surface area contributed by atoms with Crippen LogP contribution in [-0.4, -0.2) is 16.9 Å². The molecule has 150 valence electrons.